The Morgan fingerprint density at radius 2 is 2.20 bits per heavy atom. The van der Waals surface area contributed by atoms with Gasteiger partial charge in [-0.05, 0) is 30.5 Å². The van der Waals surface area contributed by atoms with Crippen LogP contribution in [0.3, 0.4) is 0 Å². The first kappa shape index (κ1) is 14.8. The monoisotopic (exact) mass is 278 g/mol. The van der Waals surface area contributed by atoms with Gasteiger partial charge in [0.2, 0.25) is 5.91 Å². The zero-order valence-corrected chi connectivity index (χ0v) is 11.8. The Morgan fingerprint density at radius 1 is 1.50 bits per heavy atom. The van der Waals surface area contributed by atoms with Gasteiger partial charge in [0.05, 0.1) is 25.3 Å². The van der Waals surface area contributed by atoms with Gasteiger partial charge in [-0.15, -0.1) is 0 Å². The lowest BCUT2D eigenvalue weighted by Gasteiger charge is -2.36. The zero-order valence-electron chi connectivity index (χ0n) is 11.8. The molecule has 0 spiro atoms. The van der Waals surface area contributed by atoms with E-state index < -0.39 is 6.04 Å². The molecule has 1 aromatic carbocycles. The number of morpholine rings is 1. The minimum atomic E-state index is -0.549. The standard InChI is InChI=1S/C15H22N2O3/c1-2-12-10-20-8-7-17(12)15(19)14(16)9-11-3-5-13(18)6-4-11/h3-6,12,14,18H,2,7-10,16H2,1H3. The highest BCUT2D eigenvalue weighted by molar-refractivity contribution is 5.82. The number of hydrogen-bond acceptors (Lipinski definition) is 4. The molecular weight excluding hydrogens is 256 g/mol. The van der Waals surface area contributed by atoms with Gasteiger partial charge in [-0.3, -0.25) is 4.79 Å². The average Bonchev–Trinajstić information content (AvgIpc) is 2.48. The van der Waals surface area contributed by atoms with Crippen molar-refractivity contribution in [2.45, 2.75) is 31.8 Å². The number of nitrogens with zero attached hydrogens (tertiary/aromatic N) is 1. The molecule has 0 aliphatic carbocycles. The number of amides is 1. The van der Waals surface area contributed by atoms with Crippen LogP contribution in [0.25, 0.3) is 0 Å². The number of carbonyl (C=O) groups excluding carboxylic acids is 1. The molecule has 0 bridgehead atoms. The third kappa shape index (κ3) is 3.49. The first-order valence-electron chi connectivity index (χ1n) is 7.03. The lowest BCUT2D eigenvalue weighted by molar-refractivity contribution is -0.141. The number of nitrogens with two attached hydrogens (primary N) is 1. The van der Waals surface area contributed by atoms with E-state index in [1.165, 1.54) is 0 Å². The second-order valence-electron chi connectivity index (χ2n) is 5.15. The molecule has 110 valence electrons. The smallest absolute Gasteiger partial charge is 0.240 e. The van der Waals surface area contributed by atoms with E-state index in [-0.39, 0.29) is 17.7 Å². The summed E-state index contributed by atoms with van der Waals surface area (Å²) in [5.41, 5.74) is 6.99. The Balaban J connectivity index is 1.98. The minimum Gasteiger partial charge on any atom is -0.508 e. The van der Waals surface area contributed by atoms with Gasteiger partial charge in [0.1, 0.15) is 5.75 Å². The molecule has 1 aliphatic heterocycles. The Labute approximate surface area is 119 Å². The second kappa shape index (κ2) is 6.72. The number of hydrogen-bond donors (Lipinski definition) is 2. The van der Waals surface area contributed by atoms with Crippen molar-refractivity contribution in [2.24, 2.45) is 5.73 Å². The minimum absolute atomic E-state index is 0.0202. The van der Waals surface area contributed by atoms with E-state index in [9.17, 15) is 9.90 Å². The maximum atomic E-state index is 12.4. The van der Waals surface area contributed by atoms with E-state index >= 15 is 0 Å². The summed E-state index contributed by atoms with van der Waals surface area (Å²) in [4.78, 5) is 14.3. The van der Waals surface area contributed by atoms with Gasteiger partial charge in [-0.1, -0.05) is 19.1 Å². The molecule has 20 heavy (non-hydrogen) atoms. The summed E-state index contributed by atoms with van der Waals surface area (Å²) in [5.74, 6) is 0.195. The molecule has 2 atom stereocenters. The van der Waals surface area contributed by atoms with Crippen LogP contribution >= 0.6 is 0 Å². The number of carbonyl (C=O) groups is 1. The predicted molar refractivity (Wildman–Crippen MR) is 76.4 cm³/mol. The van der Waals surface area contributed by atoms with Crippen LogP contribution in [0.15, 0.2) is 24.3 Å². The number of ether oxygens (including phenoxy) is 1. The number of benzene rings is 1. The van der Waals surface area contributed by atoms with Crippen LogP contribution in [0.4, 0.5) is 0 Å². The van der Waals surface area contributed by atoms with E-state index in [2.05, 4.69) is 0 Å². The van der Waals surface area contributed by atoms with Crippen molar-refractivity contribution in [2.75, 3.05) is 19.8 Å². The van der Waals surface area contributed by atoms with Crippen molar-refractivity contribution < 1.29 is 14.6 Å². The van der Waals surface area contributed by atoms with Crippen molar-refractivity contribution in [3.63, 3.8) is 0 Å². The van der Waals surface area contributed by atoms with E-state index in [0.717, 1.165) is 12.0 Å². The topological polar surface area (TPSA) is 75.8 Å². The molecule has 5 nitrogen and oxygen atoms in total. The third-order valence-corrected chi connectivity index (χ3v) is 3.69. The summed E-state index contributed by atoms with van der Waals surface area (Å²) in [6.07, 6.45) is 1.35. The predicted octanol–water partition coefficient (Wildman–Crippen LogP) is 0.899. The van der Waals surface area contributed by atoms with Gasteiger partial charge < -0.3 is 20.5 Å². The average molecular weight is 278 g/mol. The molecule has 1 aliphatic rings. The first-order chi connectivity index (χ1) is 9.61. The van der Waals surface area contributed by atoms with Gasteiger partial charge in [-0.25, -0.2) is 0 Å². The number of phenolic OH excluding ortho intramolecular Hbond substituents is 1. The van der Waals surface area contributed by atoms with Crippen LogP contribution in [0.1, 0.15) is 18.9 Å². The van der Waals surface area contributed by atoms with E-state index in [4.69, 9.17) is 10.5 Å². The van der Waals surface area contributed by atoms with E-state index in [0.29, 0.717) is 26.2 Å². The van der Waals surface area contributed by atoms with Crippen molar-refractivity contribution in [1.29, 1.82) is 0 Å². The molecule has 1 amide bonds. The maximum Gasteiger partial charge on any atom is 0.240 e. The lowest BCUT2D eigenvalue weighted by Crippen LogP contribution is -2.54. The fourth-order valence-electron chi connectivity index (χ4n) is 2.47. The summed E-state index contributed by atoms with van der Waals surface area (Å²) >= 11 is 0. The highest BCUT2D eigenvalue weighted by Crippen LogP contribution is 2.15. The van der Waals surface area contributed by atoms with Crippen molar-refractivity contribution >= 4 is 5.91 Å². The van der Waals surface area contributed by atoms with Crippen LogP contribution in [-0.2, 0) is 16.0 Å². The van der Waals surface area contributed by atoms with Gasteiger partial charge in [0.25, 0.3) is 0 Å². The van der Waals surface area contributed by atoms with Crippen molar-refractivity contribution in [3.8, 4) is 5.75 Å². The third-order valence-electron chi connectivity index (χ3n) is 3.69. The lowest BCUT2D eigenvalue weighted by atomic mass is 10.0. The molecule has 1 fully saturated rings. The molecule has 0 radical (unpaired) electrons. The molecule has 0 aromatic heterocycles. The molecule has 1 saturated heterocycles. The Hall–Kier alpha value is -1.59. The Bertz CT molecular complexity index is 447. The van der Waals surface area contributed by atoms with Gasteiger partial charge in [-0.2, -0.15) is 0 Å². The fraction of sp³-hybridized carbons (Fsp3) is 0.533. The van der Waals surface area contributed by atoms with Gasteiger partial charge >= 0.3 is 0 Å². The van der Waals surface area contributed by atoms with E-state index in [1.807, 2.05) is 11.8 Å². The van der Waals surface area contributed by atoms with Crippen LogP contribution in [0.5, 0.6) is 5.75 Å². The number of aromatic hydroxyl groups is 1. The number of rotatable bonds is 4. The highest BCUT2D eigenvalue weighted by atomic mass is 16.5. The molecule has 2 unspecified atom stereocenters. The van der Waals surface area contributed by atoms with Gasteiger partial charge in [0.15, 0.2) is 0 Å². The Kier molecular flexibility index (Phi) is 4.98. The molecular formula is C15H22N2O3. The summed E-state index contributed by atoms with van der Waals surface area (Å²) in [5, 5.41) is 9.25. The Morgan fingerprint density at radius 3 is 2.85 bits per heavy atom. The SMILES string of the molecule is CCC1COCCN1C(=O)C(N)Cc1ccc(O)cc1. The molecule has 1 heterocycles. The summed E-state index contributed by atoms with van der Waals surface area (Å²) < 4.78 is 5.40. The molecule has 0 saturated carbocycles. The highest BCUT2D eigenvalue weighted by Gasteiger charge is 2.29. The largest absolute Gasteiger partial charge is 0.508 e. The molecule has 5 heteroatoms. The van der Waals surface area contributed by atoms with E-state index in [1.54, 1.807) is 24.3 Å². The summed E-state index contributed by atoms with van der Waals surface area (Å²) in [6, 6.07) is 6.37. The van der Waals surface area contributed by atoms with Crippen LogP contribution < -0.4 is 5.73 Å². The first-order valence-corrected chi connectivity index (χ1v) is 7.03. The molecule has 2 rings (SSSR count). The van der Waals surface area contributed by atoms with Crippen LogP contribution in [0, 0.1) is 0 Å². The zero-order chi connectivity index (χ0) is 14.5. The molecule has 3 N–H and O–H groups in total. The maximum absolute atomic E-state index is 12.4. The quantitative estimate of drug-likeness (QED) is 0.858. The van der Waals surface area contributed by atoms with Crippen molar-refractivity contribution in [3.05, 3.63) is 29.8 Å². The summed E-state index contributed by atoms with van der Waals surface area (Å²) in [7, 11) is 0. The molecule has 1 aromatic rings. The summed E-state index contributed by atoms with van der Waals surface area (Å²) in [6.45, 7) is 3.83. The normalized spacial score (nSPS) is 20.7. The van der Waals surface area contributed by atoms with Crippen LogP contribution in [0.2, 0.25) is 0 Å². The van der Waals surface area contributed by atoms with Crippen LogP contribution in [-0.4, -0.2) is 47.8 Å². The van der Waals surface area contributed by atoms with Gasteiger partial charge in [0, 0.05) is 6.54 Å². The fourth-order valence-corrected chi connectivity index (χ4v) is 2.47. The van der Waals surface area contributed by atoms with Crippen molar-refractivity contribution in [1.82, 2.24) is 4.90 Å². The number of phenols is 1. The second-order valence-corrected chi connectivity index (χ2v) is 5.15.